The van der Waals surface area contributed by atoms with E-state index in [1.807, 2.05) is 0 Å². The number of rotatable bonds is 2. The zero-order valence-electron chi connectivity index (χ0n) is 9.62. The van der Waals surface area contributed by atoms with Crippen molar-refractivity contribution in [2.75, 3.05) is 0 Å². The van der Waals surface area contributed by atoms with Crippen molar-refractivity contribution < 1.29 is 0 Å². The lowest BCUT2D eigenvalue weighted by Gasteiger charge is -2.14. The first kappa shape index (κ1) is 9.69. The van der Waals surface area contributed by atoms with Crippen LogP contribution in [0, 0.1) is 17.8 Å². The average Bonchev–Trinajstić information content (AvgIpc) is 3.02. The summed E-state index contributed by atoms with van der Waals surface area (Å²) >= 11 is 0. The molecular weight excluding hydrogens is 180 g/mol. The Labute approximate surface area is 93.5 Å². The van der Waals surface area contributed by atoms with Crippen LogP contribution in [0.3, 0.4) is 0 Å². The molecule has 0 nitrogen and oxygen atoms in total. The van der Waals surface area contributed by atoms with Crippen LogP contribution in [0.4, 0.5) is 0 Å². The molecular formula is C15H22. The minimum absolute atomic E-state index is 0.808. The van der Waals surface area contributed by atoms with Crippen molar-refractivity contribution in [1.82, 2.24) is 0 Å². The molecule has 3 aliphatic carbocycles. The first-order chi connectivity index (χ1) is 7.43. The summed E-state index contributed by atoms with van der Waals surface area (Å²) in [6, 6.07) is 0. The van der Waals surface area contributed by atoms with Crippen molar-refractivity contribution in [2.45, 2.75) is 51.4 Å². The van der Waals surface area contributed by atoms with Gasteiger partial charge < -0.3 is 0 Å². The van der Waals surface area contributed by atoms with E-state index >= 15 is 0 Å². The summed E-state index contributed by atoms with van der Waals surface area (Å²) in [4.78, 5) is 0. The van der Waals surface area contributed by atoms with E-state index in [1.54, 1.807) is 5.57 Å². The van der Waals surface area contributed by atoms with E-state index in [0.717, 1.165) is 17.8 Å². The topological polar surface area (TPSA) is 0 Å². The van der Waals surface area contributed by atoms with Gasteiger partial charge in [-0.3, -0.25) is 0 Å². The summed E-state index contributed by atoms with van der Waals surface area (Å²) in [7, 11) is 0. The van der Waals surface area contributed by atoms with Crippen molar-refractivity contribution in [3.05, 3.63) is 23.8 Å². The molecule has 3 rings (SSSR count). The van der Waals surface area contributed by atoms with Gasteiger partial charge in [0.1, 0.15) is 0 Å². The Morgan fingerprint density at radius 3 is 2.27 bits per heavy atom. The largest absolute Gasteiger partial charge is 0.0771 e. The van der Waals surface area contributed by atoms with Crippen LogP contribution in [0.25, 0.3) is 0 Å². The minimum Gasteiger partial charge on any atom is -0.0771 e. The Morgan fingerprint density at radius 1 is 0.867 bits per heavy atom. The van der Waals surface area contributed by atoms with Gasteiger partial charge in [-0.25, -0.2) is 0 Å². The molecule has 0 aliphatic heterocycles. The Bertz CT molecular complexity index is 272. The van der Waals surface area contributed by atoms with Crippen LogP contribution in [0.2, 0.25) is 0 Å². The highest BCUT2D eigenvalue weighted by molar-refractivity contribution is 5.32. The molecule has 1 atom stereocenters. The maximum atomic E-state index is 2.60. The standard InChI is InChI=1S/C15H22/c1-2-6-12(5-1)14-9-10-15(11-14)13-7-3-4-8-13/h9-14H,1-8H2. The van der Waals surface area contributed by atoms with E-state index in [2.05, 4.69) is 18.2 Å². The molecule has 0 heteroatoms. The average molecular weight is 202 g/mol. The maximum absolute atomic E-state index is 2.60. The van der Waals surface area contributed by atoms with Crippen LogP contribution in [0.1, 0.15) is 51.4 Å². The second kappa shape index (κ2) is 4.15. The quantitative estimate of drug-likeness (QED) is 0.619. The summed E-state index contributed by atoms with van der Waals surface area (Å²) in [6.07, 6.45) is 19.3. The van der Waals surface area contributed by atoms with Gasteiger partial charge in [-0.05, 0) is 49.0 Å². The Morgan fingerprint density at radius 2 is 1.53 bits per heavy atom. The lowest BCUT2D eigenvalue weighted by Crippen LogP contribution is -2.04. The molecule has 0 amide bonds. The molecule has 3 aliphatic rings. The van der Waals surface area contributed by atoms with E-state index in [9.17, 15) is 0 Å². The molecule has 15 heavy (non-hydrogen) atoms. The first-order valence-electron chi connectivity index (χ1n) is 6.83. The van der Waals surface area contributed by atoms with Crippen LogP contribution < -0.4 is 0 Å². The van der Waals surface area contributed by atoms with Crippen molar-refractivity contribution >= 4 is 0 Å². The highest BCUT2D eigenvalue weighted by Crippen LogP contribution is 2.40. The highest BCUT2D eigenvalue weighted by Gasteiger charge is 2.27. The summed E-state index contributed by atoms with van der Waals surface area (Å²) < 4.78 is 0. The number of hydrogen-bond acceptors (Lipinski definition) is 0. The molecule has 2 fully saturated rings. The van der Waals surface area contributed by atoms with Gasteiger partial charge in [-0.2, -0.15) is 0 Å². The third kappa shape index (κ3) is 1.91. The Hall–Kier alpha value is -0.520. The maximum Gasteiger partial charge on any atom is -0.00161 e. The Balaban J connectivity index is 1.66. The predicted octanol–water partition coefficient (Wildman–Crippen LogP) is 4.48. The molecule has 0 aromatic rings. The van der Waals surface area contributed by atoms with E-state index in [-0.39, 0.29) is 0 Å². The molecule has 0 spiro atoms. The van der Waals surface area contributed by atoms with Gasteiger partial charge in [0.25, 0.3) is 0 Å². The fraction of sp³-hybridized carbons (Fsp3) is 0.733. The molecule has 0 radical (unpaired) electrons. The number of allylic oxidation sites excluding steroid dienone is 4. The van der Waals surface area contributed by atoms with E-state index in [0.29, 0.717) is 0 Å². The van der Waals surface area contributed by atoms with Gasteiger partial charge >= 0.3 is 0 Å². The molecule has 0 heterocycles. The molecule has 0 aromatic carbocycles. The van der Waals surface area contributed by atoms with Gasteiger partial charge in [-0.1, -0.05) is 43.9 Å². The molecule has 0 aromatic heterocycles. The minimum atomic E-state index is 0.808. The SMILES string of the molecule is C1=CC(C2CCCC2)C=C1C1CCCC1. The van der Waals surface area contributed by atoms with Crippen molar-refractivity contribution in [3.8, 4) is 0 Å². The van der Waals surface area contributed by atoms with Crippen LogP contribution in [0.5, 0.6) is 0 Å². The van der Waals surface area contributed by atoms with E-state index in [1.165, 1.54) is 51.4 Å². The van der Waals surface area contributed by atoms with Gasteiger partial charge in [0.15, 0.2) is 0 Å². The van der Waals surface area contributed by atoms with Crippen LogP contribution in [-0.2, 0) is 0 Å². The predicted molar refractivity (Wildman–Crippen MR) is 64.6 cm³/mol. The third-order valence-electron chi connectivity index (χ3n) is 4.67. The monoisotopic (exact) mass is 202 g/mol. The van der Waals surface area contributed by atoms with Crippen molar-refractivity contribution in [2.24, 2.45) is 17.8 Å². The van der Waals surface area contributed by atoms with Crippen molar-refractivity contribution in [3.63, 3.8) is 0 Å². The first-order valence-corrected chi connectivity index (χ1v) is 6.83. The molecule has 0 saturated heterocycles. The zero-order valence-corrected chi connectivity index (χ0v) is 9.62. The molecule has 1 unspecified atom stereocenters. The second-order valence-corrected chi connectivity index (χ2v) is 5.63. The van der Waals surface area contributed by atoms with Crippen LogP contribution in [-0.4, -0.2) is 0 Å². The molecule has 0 bridgehead atoms. The molecule has 82 valence electrons. The zero-order chi connectivity index (χ0) is 10.1. The Kier molecular flexibility index (Phi) is 2.68. The molecule has 2 saturated carbocycles. The summed E-state index contributed by atoms with van der Waals surface area (Å²) in [5.74, 6) is 2.72. The lowest BCUT2D eigenvalue weighted by molar-refractivity contribution is 0.471. The second-order valence-electron chi connectivity index (χ2n) is 5.63. The highest BCUT2D eigenvalue weighted by atomic mass is 14.3. The van der Waals surface area contributed by atoms with Gasteiger partial charge in [-0.15, -0.1) is 0 Å². The normalized spacial score (nSPS) is 32.8. The van der Waals surface area contributed by atoms with Crippen LogP contribution in [0.15, 0.2) is 23.8 Å². The lowest BCUT2D eigenvalue weighted by atomic mass is 9.91. The van der Waals surface area contributed by atoms with Gasteiger partial charge in [0.05, 0.1) is 0 Å². The summed E-state index contributed by atoms with van der Waals surface area (Å²) in [5, 5.41) is 0. The molecule has 0 N–H and O–H groups in total. The summed E-state index contributed by atoms with van der Waals surface area (Å²) in [6.45, 7) is 0. The number of hydrogen-bond donors (Lipinski definition) is 0. The van der Waals surface area contributed by atoms with E-state index < -0.39 is 0 Å². The fourth-order valence-corrected chi connectivity index (χ4v) is 3.72. The van der Waals surface area contributed by atoms with Gasteiger partial charge in [0, 0.05) is 0 Å². The summed E-state index contributed by atoms with van der Waals surface area (Å²) in [5.41, 5.74) is 1.68. The fourth-order valence-electron chi connectivity index (χ4n) is 3.72. The smallest absolute Gasteiger partial charge is 0.00161 e. The van der Waals surface area contributed by atoms with Crippen molar-refractivity contribution in [1.29, 1.82) is 0 Å². The van der Waals surface area contributed by atoms with Crippen LogP contribution >= 0.6 is 0 Å². The third-order valence-corrected chi connectivity index (χ3v) is 4.67. The van der Waals surface area contributed by atoms with Gasteiger partial charge in [0.2, 0.25) is 0 Å². The van der Waals surface area contributed by atoms with E-state index in [4.69, 9.17) is 0 Å².